The number of aromatic nitrogens is 3. The van der Waals surface area contributed by atoms with E-state index in [2.05, 4.69) is 22.1 Å². The molecule has 0 atom stereocenters. The molecule has 1 aliphatic rings. The number of piperidine rings is 1. The van der Waals surface area contributed by atoms with Gasteiger partial charge in [0.25, 0.3) is 0 Å². The van der Waals surface area contributed by atoms with E-state index in [1.165, 1.54) is 25.9 Å². The van der Waals surface area contributed by atoms with Crippen LogP contribution in [0.25, 0.3) is 5.65 Å². The van der Waals surface area contributed by atoms with Gasteiger partial charge in [-0.3, -0.25) is 4.40 Å². The summed E-state index contributed by atoms with van der Waals surface area (Å²) < 4.78 is 2.05. The molecule has 1 saturated heterocycles. The van der Waals surface area contributed by atoms with E-state index in [1.807, 2.05) is 22.7 Å². The van der Waals surface area contributed by atoms with Crippen LogP contribution in [0.3, 0.4) is 0 Å². The van der Waals surface area contributed by atoms with Crippen molar-refractivity contribution in [2.24, 2.45) is 5.92 Å². The topological polar surface area (TPSA) is 33.4 Å². The minimum absolute atomic E-state index is 0.709. The zero-order chi connectivity index (χ0) is 12.5. The van der Waals surface area contributed by atoms with Gasteiger partial charge >= 0.3 is 0 Å². The number of hydrogen-bond donors (Lipinski definition) is 0. The van der Waals surface area contributed by atoms with E-state index in [4.69, 9.17) is 11.6 Å². The number of fused-ring (bicyclic) bond motifs is 1. The Morgan fingerprint density at radius 3 is 2.89 bits per heavy atom. The maximum Gasteiger partial charge on any atom is 0.162 e. The van der Waals surface area contributed by atoms with Crippen molar-refractivity contribution in [1.82, 2.24) is 19.5 Å². The molecule has 5 heteroatoms. The van der Waals surface area contributed by atoms with E-state index < -0.39 is 0 Å². The Bertz CT molecular complexity index is 543. The average molecular weight is 265 g/mol. The fourth-order valence-electron chi connectivity index (χ4n) is 2.58. The van der Waals surface area contributed by atoms with E-state index in [9.17, 15) is 0 Å². The summed E-state index contributed by atoms with van der Waals surface area (Å²) in [6.45, 7) is 2.38. The Hall–Kier alpha value is -1.13. The van der Waals surface area contributed by atoms with Crippen molar-refractivity contribution in [3.05, 3.63) is 29.2 Å². The van der Waals surface area contributed by atoms with E-state index in [-0.39, 0.29) is 0 Å². The first-order valence-electron chi connectivity index (χ1n) is 6.40. The van der Waals surface area contributed by atoms with Gasteiger partial charge in [-0.2, -0.15) is 0 Å². The van der Waals surface area contributed by atoms with Crippen LogP contribution in [-0.2, 0) is 6.42 Å². The summed E-state index contributed by atoms with van der Waals surface area (Å²) in [5.74, 6) is 1.78. The van der Waals surface area contributed by atoms with Crippen LogP contribution < -0.4 is 0 Å². The molecule has 18 heavy (non-hydrogen) atoms. The SMILES string of the molecule is CN1CCC(Cc2nnc3cc(Cl)ccn23)CC1. The van der Waals surface area contributed by atoms with Crippen molar-refractivity contribution in [3.8, 4) is 0 Å². The van der Waals surface area contributed by atoms with Crippen LogP contribution in [0.5, 0.6) is 0 Å². The Balaban J connectivity index is 1.78. The van der Waals surface area contributed by atoms with Crippen LogP contribution in [0, 0.1) is 5.92 Å². The smallest absolute Gasteiger partial charge is 0.162 e. The van der Waals surface area contributed by atoms with Crippen molar-refractivity contribution in [2.75, 3.05) is 20.1 Å². The number of hydrogen-bond acceptors (Lipinski definition) is 3. The summed E-state index contributed by atoms with van der Waals surface area (Å²) in [5.41, 5.74) is 0.838. The van der Waals surface area contributed by atoms with E-state index in [1.54, 1.807) is 0 Å². The minimum Gasteiger partial charge on any atom is -0.306 e. The maximum atomic E-state index is 5.95. The van der Waals surface area contributed by atoms with Crippen LogP contribution in [0.15, 0.2) is 18.3 Å². The lowest BCUT2D eigenvalue weighted by atomic mass is 9.93. The summed E-state index contributed by atoms with van der Waals surface area (Å²) in [4.78, 5) is 2.39. The highest BCUT2D eigenvalue weighted by atomic mass is 35.5. The molecule has 0 aliphatic carbocycles. The zero-order valence-electron chi connectivity index (χ0n) is 10.5. The number of halogens is 1. The number of likely N-dealkylation sites (tertiary alicyclic amines) is 1. The molecule has 2 aromatic rings. The van der Waals surface area contributed by atoms with Crippen molar-refractivity contribution in [1.29, 1.82) is 0 Å². The molecule has 3 rings (SSSR count). The highest BCUT2D eigenvalue weighted by molar-refractivity contribution is 6.30. The van der Waals surface area contributed by atoms with Gasteiger partial charge in [0.2, 0.25) is 0 Å². The van der Waals surface area contributed by atoms with E-state index in [0.29, 0.717) is 5.02 Å². The Kier molecular flexibility index (Phi) is 3.22. The van der Waals surface area contributed by atoms with Gasteiger partial charge in [-0.15, -0.1) is 10.2 Å². The Morgan fingerprint density at radius 1 is 1.33 bits per heavy atom. The standard InChI is InChI=1S/C13H17ClN4/c1-17-5-2-10(3-6-17)8-12-15-16-13-9-11(14)4-7-18(12)13/h4,7,9-10H,2-3,5-6,8H2,1H3. The first-order valence-corrected chi connectivity index (χ1v) is 6.78. The summed E-state index contributed by atoms with van der Waals surface area (Å²) in [6.07, 6.45) is 5.47. The average Bonchev–Trinajstić information content (AvgIpc) is 2.74. The molecule has 0 N–H and O–H groups in total. The summed E-state index contributed by atoms with van der Waals surface area (Å²) in [5, 5.41) is 9.18. The van der Waals surface area contributed by atoms with Gasteiger partial charge in [0.15, 0.2) is 5.65 Å². The second kappa shape index (κ2) is 4.86. The molecular formula is C13H17ClN4. The van der Waals surface area contributed by atoms with Crippen LogP contribution in [0.2, 0.25) is 5.02 Å². The molecule has 96 valence electrons. The van der Waals surface area contributed by atoms with Crippen molar-refractivity contribution < 1.29 is 0 Å². The Morgan fingerprint density at radius 2 is 2.11 bits per heavy atom. The zero-order valence-corrected chi connectivity index (χ0v) is 11.3. The Labute approximate surface area is 112 Å². The molecule has 4 nitrogen and oxygen atoms in total. The third-order valence-electron chi connectivity index (χ3n) is 3.75. The quantitative estimate of drug-likeness (QED) is 0.834. The third kappa shape index (κ3) is 2.35. The molecule has 0 spiro atoms. The largest absolute Gasteiger partial charge is 0.306 e. The van der Waals surface area contributed by atoms with Gasteiger partial charge in [-0.05, 0) is 45.0 Å². The predicted octanol–water partition coefficient (Wildman–Crippen LogP) is 2.27. The lowest BCUT2D eigenvalue weighted by molar-refractivity contribution is 0.217. The monoisotopic (exact) mass is 264 g/mol. The number of pyridine rings is 1. The first kappa shape index (κ1) is 11.9. The van der Waals surface area contributed by atoms with Gasteiger partial charge < -0.3 is 4.90 Å². The molecule has 0 aromatic carbocycles. The highest BCUT2D eigenvalue weighted by Crippen LogP contribution is 2.21. The van der Waals surface area contributed by atoms with Crippen LogP contribution in [0.4, 0.5) is 0 Å². The normalized spacial score (nSPS) is 18.6. The molecular weight excluding hydrogens is 248 g/mol. The number of nitrogens with zero attached hydrogens (tertiary/aromatic N) is 4. The van der Waals surface area contributed by atoms with Gasteiger partial charge in [-0.25, -0.2) is 0 Å². The van der Waals surface area contributed by atoms with E-state index in [0.717, 1.165) is 23.8 Å². The third-order valence-corrected chi connectivity index (χ3v) is 3.99. The highest BCUT2D eigenvalue weighted by Gasteiger charge is 2.19. The van der Waals surface area contributed by atoms with Crippen molar-refractivity contribution >= 4 is 17.2 Å². The first-order chi connectivity index (χ1) is 8.72. The predicted molar refractivity (Wildman–Crippen MR) is 71.9 cm³/mol. The molecule has 0 saturated carbocycles. The fourth-order valence-corrected chi connectivity index (χ4v) is 2.73. The van der Waals surface area contributed by atoms with Crippen LogP contribution >= 0.6 is 11.6 Å². The summed E-state index contributed by atoms with van der Waals surface area (Å²) >= 11 is 5.95. The second-order valence-corrected chi connectivity index (χ2v) is 5.58. The molecule has 3 heterocycles. The lowest BCUT2D eigenvalue weighted by Crippen LogP contribution is -2.31. The minimum atomic E-state index is 0.709. The molecule has 0 unspecified atom stereocenters. The second-order valence-electron chi connectivity index (χ2n) is 5.14. The van der Waals surface area contributed by atoms with Crippen LogP contribution in [-0.4, -0.2) is 39.6 Å². The molecule has 0 radical (unpaired) electrons. The molecule has 1 fully saturated rings. The number of rotatable bonds is 2. The van der Waals surface area contributed by atoms with E-state index >= 15 is 0 Å². The van der Waals surface area contributed by atoms with Gasteiger partial charge in [0, 0.05) is 23.7 Å². The van der Waals surface area contributed by atoms with Crippen molar-refractivity contribution in [3.63, 3.8) is 0 Å². The molecule has 1 aliphatic heterocycles. The molecule has 0 amide bonds. The molecule has 2 aromatic heterocycles. The van der Waals surface area contributed by atoms with Gasteiger partial charge in [0.05, 0.1) is 0 Å². The maximum absolute atomic E-state index is 5.95. The molecule has 0 bridgehead atoms. The fraction of sp³-hybridized carbons (Fsp3) is 0.538. The van der Waals surface area contributed by atoms with Gasteiger partial charge in [0.1, 0.15) is 5.82 Å². The lowest BCUT2D eigenvalue weighted by Gasteiger charge is -2.28. The van der Waals surface area contributed by atoms with Crippen molar-refractivity contribution in [2.45, 2.75) is 19.3 Å². The van der Waals surface area contributed by atoms with Gasteiger partial charge in [-0.1, -0.05) is 11.6 Å². The summed E-state index contributed by atoms with van der Waals surface area (Å²) in [7, 11) is 2.19. The van der Waals surface area contributed by atoms with Crippen LogP contribution in [0.1, 0.15) is 18.7 Å². The summed E-state index contributed by atoms with van der Waals surface area (Å²) in [6, 6.07) is 3.74.